The van der Waals surface area contributed by atoms with Crippen molar-refractivity contribution in [1.82, 2.24) is 0 Å². The van der Waals surface area contributed by atoms with Gasteiger partial charge in [0.05, 0.1) is 0 Å². The molecule has 0 unspecified atom stereocenters. The Balaban J connectivity index is 2.31. The van der Waals surface area contributed by atoms with Crippen molar-refractivity contribution in [3.8, 4) is 0 Å². The van der Waals surface area contributed by atoms with Crippen molar-refractivity contribution in [2.75, 3.05) is 0 Å². The van der Waals surface area contributed by atoms with Gasteiger partial charge < -0.3 is 0 Å². The Morgan fingerprint density at radius 2 is 1.88 bits per heavy atom. The lowest BCUT2D eigenvalue weighted by Crippen LogP contribution is -1.98. The second-order valence-electron chi connectivity index (χ2n) is 3.95. The zero-order valence-corrected chi connectivity index (χ0v) is 8.38. The molecule has 0 fully saturated rings. The molecule has 0 radical (unpaired) electrons. The quantitative estimate of drug-likeness (QED) is 0.536. The Morgan fingerprint density at radius 1 is 0.938 bits per heavy atom. The number of hydrogen-bond acceptors (Lipinski definition) is 3. The van der Waals surface area contributed by atoms with Gasteiger partial charge in [-0.2, -0.15) is 0 Å². The third-order valence-electron chi connectivity index (χ3n) is 3.01. The molecule has 0 N–H and O–H groups in total. The molecule has 4 rings (SSSR count). The molecule has 0 atom stereocenters. The highest BCUT2D eigenvalue weighted by molar-refractivity contribution is 5.58. The minimum atomic E-state index is 0.864. The maximum Gasteiger partial charge on any atom is 0.116 e. The monoisotopic (exact) mass is 205 g/mol. The van der Waals surface area contributed by atoms with Gasteiger partial charge >= 0.3 is 0 Å². The Hall–Kier alpha value is -2.29. The van der Waals surface area contributed by atoms with E-state index in [1.54, 1.807) is 0 Å². The minimum Gasteiger partial charge on any atom is -0.128 e. The molecule has 0 spiro atoms. The van der Waals surface area contributed by atoms with E-state index in [2.05, 4.69) is 51.8 Å². The molecule has 1 aliphatic heterocycles. The van der Waals surface area contributed by atoms with Gasteiger partial charge in [-0.25, -0.2) is 0 Å². The standard InChI is InChI=1S/C13H7N3/c1-2-4-10-8(3-1)5-9-6-12-13(7-11(9)10)15-16-14-12/h1-7H. The van der Waals surface area contributed by atoms with Crippen LogP contribution in [-0.4, -0.2) is 0 Å². The fraction of sp³-hybridized carbons (Fsp3) is 0. The summed E-state index contributed by atoms with van der Waals surface area (Å²) in [6, 6.07) is 12.5. The lowest BCUT2D eigenvalue weighted by molar-refractivity contribution is 1.08. The molecule has 2 aliphatic rings. The van der Waals surface area contributed by atoms with Gasteiger partial charge in [0.1, 0.15) is 11.0 Å². The molecular weight excluding hydrogens is 198 g/mol. The van der Waals surface area contributed by atoms with Gasteiger partial charge in [0.15, 0.2) is 0 Å². The lowest BCUT2D eigenvalue weighted by atomic mass is 10.1. The van der Waals surface area contributed by atoms with Crippen LogP contribution in [0.25, 0.3) is 6.08 Å². The van der Waals surface area contributed by atoms with Crippen molar-refractivity contribution < 1.29 is 0 Å². The van der Waals surface area contributed by atoms with Crippen LogP contribution in [0.15, 0.2) is 51.8 Å². The van der Waals surface area contributed by atoms with E-state index in [1.165, 1.54) is 21.2 Å². The van der Waals surface area contributed by atoms with E-state index in [0.29, 0.717) is 0 Å². The number of hydrogen-bond donors (Lipinski definition) is 0. The number of benzene rings is 2. The Bertz CT molecular complexity index is 848. The highest BCUT2D eigenvalue weighted by Crippen LogP contribution is 2.16. The average Bonchev–Trinajstić information content (AvgIpc) is 2.88. The molecule has 1 heterocycles. The molecule has 3 heteroatoms. The first-order valence-electron chi connectivity index (χ1n) is 5.16. The first kappa shape index (κ1) is 7.93. The molecule has 3 nitrogen and oxygen atoms in total. The Labute approximate surface area is 90.8 Å². The first-order chi connectivity index (χ1) is 7.92. The normalized spacial score (nSPS) is 13.8. The molecule has 16 heavy (non-hydrogen) atoms. The summed E-state index contributed by atoms with van der Waals surface area (Å²) in [5.41, 5.74) is 2.07. The predicted octanol–water partition coefficient (Wildman–Crippen LogP) is 1.75. The molecule has 0 amide bonds. The molecule has 0 aromatic heterocycles. The summed E-state index contributed by atoms with van der Waals surface area (Å²) in [5.74, 6) is 0. The molecule has 0 bridgehead atoms. The fourth-order valence-electron chi connectivity index (χ4n) is 2.26. The van der Waals surface area contributed by atoms with E-state index in [4.69, 9.17) is 0 Å². The minimum absolute atomic E-state index is 0.864. The maximum absolute atomic E-state index is 3.99. The van der Waals surface area contributed by atoms with Crippen LogP contribution < -0.4 is 10.6 Å². The Kier molecular flexibility index (Phi) is 1.31. The highest BCUT2D eigenvalue weighted by Gasteiger charge is 2.07. The molecule has 74 valence electrons. The number of fused-ring (bicyclic) bond motifs is 3. The topological polar surface area (TPSA) is 37.1 Å². The molecule has 0 saturated heterocycles. The van der Waals surface area contributed by atoms with Gasteiger partial charge in [-0.05, 0) is 44.7 Å². The Morgan fingerprint density at radius 3 is 2.88 bits per heavy atom. The van der Waals surface area contributed by atoms with Crippen molar-refractivity contribution in [3.05, 3.63) is 63.0 Å². The van der Waals surface area contributed by atoms with Gasteiger partial charge in [-0.1, -0.05) is 24.3 Å². The summed E-state index contributed by atoms with van der Waals surface area (Å²) in [6.45, 7) is 0. The number of nitrogens with zero attached hydrogens (tertiary/aromatic N) is 3. The molecule has 2 aromatic rings. The van der Waals surface area contributed by atoms with Crippen LogP contribution in [0.3, 0.4) is 0 Å². The summed E-state index contributed by atoms with van der Waals surface area (Å²) in [6.07, 6.45) is 2.18. The highest BCUT2D eigenvalue weighted by atomic mass is 15.4. The van der Waals surface area contributed by atoms with Gasteiger partial charge in [-0.3, -0.25) is 0 Å². The molecule has 0 saturated carbocycles. The van der Waals surface area contributed by atoms with Crippen molar-refractivity contribution in [1.29, 1.82) is 0 Å². The second kappa shape index (κ2) is 2.64. The van der Waals surface area contributed by atoms with Crippen LogP contribution in [-0.2, 0) is 0 Å². The third-order valence-corrected chi connectivity index (χ3v) is 3.01. The summed E-state index contributed by atoms with van der Waals surface area (Å²) in [5, 5.41) is 16.3. The fourth-order valence-corrected chi connectivity index (χ4v) is 2.26. The van der Waals surface area contributed by atoms with E-state index in [-0.39, 0.29) is 0 Å². The smallest absolute Gasteiger partial charge is 0.116 e. The van der Waals surface area contributed by atoms with Crippen LogP contribution in [0.4, 0.5) is 5.69 Å². The average molecular weight is 205 g/mol. The summed E-state index contributed by atoms with van der Waals surface area (Å²) in [7, 11) is 0. The second-order valence-corrected chi connectivity index (χ2v) is 3.95. The summed E-state index contributed by atoms with van der Waals surface area (Å²) in [4.78, 5) is 0. The summed E-state index contributed by atoms with van der Waals surface area (Å²) >= 11 is 0. The third kappa shape index (κ3) is 0.896. The SMILES string of the molecule is C1=c2ccccc2=c2cc3c(cc21)=NN=N3. The maximum atomic E-state index is 3.99. The van der Waals surface area contributed by atoms with Crippen LogP contribution in [0.2, 0.25) is 0 Å². The van der Waals surface area contributed by atoms with E-state index in [0.717, 1.165) is 11.0 Å². The van der Waals surface area contributed by atoms with Crippen LogP contribution in [0, 0.1) is 10.4 Å². The zero-order valence-electron chi connectivity index (χ0n) is 8.38. The van der Waals surface area contributed by atoms with Crippen molar-refractivity contribution in [2.45, 2.75) is 0 Å². The van der Waals surface area contributed by atoms with Gasteiger partial charge in [0.25, 0.3) is 0 Å². The van der Waals surface area contributed by atoms with E-state index >= 15 is 0 Å². The van der Waals surface area contributed by atoms with Crippen LogP contribution >= 0.6 is 0 Å². The molecule has 1 aliphatic carbocycles. The van der Waals surface area contributed by atoms with E-state index < -0.39 is 0 Å². The lowest BCUT2D eigenvalue weighted by Gasteiger charge is -1.91. The zero-order chi connectivity index (χ0) is 10.5. The van der Waals surface area contributed by atoms with E-state index in [9.17, 15) is 0 Å². The molecular formula is C13H7N3. The largest absolute Gasteiger partial charge is 0.128 e. The van der Waals surface area contributed by atoms with Crippen molar-refractivity contribution >= 4 is 11.8 Å². The van der Waals surface area contributed by atoms with E-state index in [1.807, 2.05) is 6.07 Å². The van der Waals surface area contributed by atoms with Gasteiger partial charge in [0, 0.05) is 0 Å². The number of rotatable bonds is 0. The van der Waals surface area contributed by atoms with Crippen LogP contribution in [0.1, 0.15) is 5.56 Å². The summed E-state index contributed by atoms with van der Waals surface area (Å²) < 4.78 is 0. The first-order valence-corrected chi connectivity index (χ1v) is 5.16. The van der Waals surface area contributed by atoms with Gasteiger partial charge in [-0.15, -0.1) is 10.2 Å². The van der Waals surface area contributed by atoms with Gasteiger partial charge in [0.2, 0.25) is 0 Å². The van der Waals surface area contributed by atoms with Crippen molar-refractivity contribution in [2.24, 2.45) is 15.4 Å². The predicted molar refractivity (Wildman–Crippen MR) is 59.4 cm³/mol. The molecule has 2 aromatic carbocycles. The van der Waals surface area contributed by atoms with Crippen molar-refractivity contribution in [3.63, 3.8) is 0 Å². The van der Waals surface area contributed by atoms with Crippen LogP contribution in [0.5, 0.6) is 0 Å².